The number of carbonyl (C=O) groups excluding carboxylic acids is 1. The van der Waals surface area contributed by atoms with Gasteiger partial charge in [0.1, 0.15) is 11.3 Å². The molecule has 7 heteroatoms. The topological polar surface area (TPSA) is 88.6 Å². The van der Waals surface area contributed by atoms with Gasteiger partial charge in [0.2, 0.25) is 0 Å². The average molecular weight is 291 g/mol. The molecule has 0 unspecified atom stereocenters. The summed E-state index contributed by atoms with van der Waals surface area (Å²) in [6.45, 7) is 2.79. The summed E-state index contributed by atoms with van der Waals surface area (Å²) in [5.41, 5.74) is 0.0429. The predicted octanol–water partition coefficient (Wildman–Crippen LogP) is 1.51. The maximum absolute atomic E-state index is 12.2. The van der Waals surface area contributed by atoms with Crippen LogP contribution in [0.25, 0.3) is 0 Å². The Hall–Kier alpha value is -2.57. The number of hydrogen-bond donors (Lipinski definition) is 1. The molecule has 0 saturated heterocycles. The number of carboxylic acids is 1. The fraction of sp³-hybridized carbons (Fsp3) is 0.357. The van der Waals surface area contributed by atoms with Crippen LogP contribution in [0.3, 0.4) is 0 Å². The number of aromatic nitrogens is 2. The number of carboxylic acid groups (broad SMARTS) is 1. The molecule has 0 aromatic carbocycles. The molecule has 0 aliphatic heterocycles. The van der Waals surface area contributed by atoms with Crippen LogP contribution >= 0.6 is 0 Å². The Labute approximate surface area is 121 Å². The lowest BCUT2D eigenvalue weighted by Crippen LogP contribution is -2.29. The first kappa shape index (κ1) is 14.8. The summed E-state index contributed by atoms with van der Waals surface area (Å²) in [7, 11) is 1.64. The van der Waals surface area contributed by atoms with Gasteiger partial charge in [-0.05, 0) is 6.07 Å². The fourth-order valence-corrected chi connectivity index (χ4v) is 1.95. The van der Waals surface area contributed by atoms with E-state index in [2.05, 4.69) is 5.10 Å². The predicted molar refractivity (Wildman–Crippen MR) is 74.2 cm³/mol. The Bertz CT molecular complexity index is 631. The van der Waals surface area contributed by atoms with Crippen LogP contribution in [-0.2, 0) is 13.0 Å². The molecule has 0 fully saturated rings. The summed E-state index contributed by atoms with van der Waals surface area (Å²) in [6, 6.07) is 3.09. The molecule has 21 heavy (non-hydrogen) atoms. The number of aromatic carboxylic acids is 1. The van der Waals surface area contributed by atoms with Crippen molar-refractivity contribution in [3.63, 3.8) is 0 Å². The van der Waals surface area contributed by atoms with Crippen LogP contribution in [-0.4, -0.2) is 45.3 Å². The molecule has 1 N–H and O–H groups in total. The lowest BCUT2D eigenvalue weighted by Gasteiger charge is -2.15. The zero-order valence-corrected chi connectivity index (χ0v) is 11.9. The van der Waals surface area contributed by atoms with E-state index in [1.165, 1.54) is 11.0 Å². The van der Waals surface area contributed by atoms with E-state index in [0.717, 1.165) is 0 Å². The monoisotopic (exact) mass is 291 g/mol. The maximum atomic E-state index is 12.2. The molecule has 0 spiro atoms. The molecule has 1 amide bonds. The number of furan rings is 1. The summed E-state index contributed by atoms with van der Waals surface area (Å²) in [5.74, 6) is -1.07. The van der Waals surface area contributed by atoms with E-state index >= 15 is 0 Å². The van der Waals surface area contributed by atoms with Crippen LogP contribution in [0.1, 0.15) is 33.6 Å². The summed E-state index contributed by atoms with van der Waals surface area (Å²) in [5, 5.41) is 13.1. The molecular weight excluding hydrogens is 274 g/mol. The Morgan fingerprint density at radius 2 is 2.24 bits per heavy atom. The van der Waals surface area contributed by atoms with Gasteiger partial charge in [0.05, 0.1) is 6.54 Å². The molecular formula is C14H17N3O4. The number of carbonyl (C=O) groups is 2. The number of rotatable bonds is 6. The van der Waals surface area contributed by atoms with Crippen molar-refractivity contribution in [2.45, 2.75) is 19.9 Å². The third kappa shape index (κ3) is 3.31. The van der Waals surface area contributed by atoms with Gasteiger partial charge in [-0.3, -0.25) is 9.48 Å². The lowest BCUT2D eigenvalue weighted by molar-refractivity contribution is 0.0693. The Balaban J connectivity index is 2.06. The smallest absolute Gasteiger partial charge is 0.339 e. The minimum Gasteiger partial charge on any atom is -0.478 e. The number of hydrogen-bond acceptors (Lipinski definition) is 4. The molecule has 2 aromatic heterocycles. The quantitative estimate of drug-likeness (QED) is 0.871. The highest BCUT2D eigenvalue weighted by atomic mass is 16.4. The molecule has 0 bridgehead atoms. The van der Waals surface area contributed by atoms with Gasteiger partial charge in [-0.1, -0.05) is 6.92 Å². The Kier molecular flexibility index (Phi) is 4.42. The van der Waals surface area contributed by atoms with Crippen LogP contribution in [0.2, 0.25) is 0 Å². The zero-order valence-electron chi connectivity index (χ0n) is 11.9. The average Bonchev–Trinajstić information content (AvgIpc) is 3.12. The zero-order chi connectivity index (χ0) is 15.4. The van der Waals surface area contributed by atoms with Gasteiger partial charge in [0.25, 0.3) is 5.91 Å². The molecule has 2 heterocycles. The van der Waals surface area contributed by atoms with E-state index in [4.69, 9.17) is 9.52 Å². The van der Waals surface area contributed by atoms with E-state index in [0.29, 0.717) is 25.3 Å². The van der Waals surface area contributed by atoms with Crippen LogP contribution in [0.15, 0.2) is 28.9 Å². The second-order valence-corrected chi connectivity index (χ2v) is 4.60. The van der Waals surface area contributed by atoms with Crippen molar-refractivity contribution in [1.29, 1.82) is 0 Å². The number of nitrogens with zero attached hydrogens (tertiary/aromatic N) is 3. The third-order valence-corrected chi connectivity index (χ3v) is 3.14. The maximum Gasteiger partial charge on any atom is 0.339 e. The van der Waals surface area contributed by atoms with Gasteiger partial charge in [0, 0.05) is 38.5 Å². The molecule has 2 rings (SSSR count). The van der Waals surface area contributed by atoms with Gasteiger partial charge >= 0.3 is 5.97 Å². The highest BCUT2D eigenvalue weighted by Crippen LogP contribution is 2.17. The van der Waals surface area contributed by atoms with Crippen LogP contribution in [0.4, 0.5) is 0 Å². The van der Waals surface area contributed by atoms with Gasteiger partial charge < -0.3 is 14.4 Å². The van der Waals surface area contributed by atoms with Crippen molar-refractivity contribution in [2.24, 2.45) is 0 Å². The minimum atomic E-state index is -1.09. The first-order valence-electron chi connectivity index (χ1n) is 6.61. The highest BCUT2D eigenvalue weighted by molar-refractivity contribution is 5.96. The van der Waals surface area contributed by atoms with E-state index in [9.17, 15) is 9.59 Å². The normalized spacial score (nSPS) is 10.6. The van der Waals surface area contributed by atoms with Gasteiger partial charge in [-0.2, -0.15) is 5.10 Å². The summed E-state index contributed by atoms with van der Waals surface area (Å²) < 4.78 is 7.07. The largest absolute Gasteiger partial charge is 0.478 e. The first-order valence-corrected chi connectivity index (χ1v) is 6.61. The molecule has 0 saturated carbocycles. The summed E-state index contributed by atoms with van der Waals surface area (Å²) >= 11 is 0. The van der Waals surface area contributed by atoms with Gasteiger partial charge in [-0.15, -0.1) is 0 Å². The third-order valence-electron chi connectivity index (χ3n) is 3.14. The molecule has 0 atom stereocenters. The van der Waals surface area contributed by atoms with Gasteiger partial charge in [0.15, 0.2) is 5.76 Å². The van der Waals surface area contributed by atoms with Gasteiger partial charge in [-0.25, -0.2) is 4.79 Å². The van der Waals surface area contributed by atoms with Crippen molar-refractivity contribution in [3.05, 3.63) is 41.6 Å². The number of likely N-dealkylation sites (N-methyl/N-ethyl adjacent to an activating group) is 1. The number of aryl methyl sites for hydroxylation is 1. The molecule has 0 aliphatic carbocycles. The van der Waals surface area contributed by atoms with Crippen molar-refractivity contribution < 1.29 is 19.1 Å². The molecule has 0 radical (unpaired) electrons. The van der Waals surface area contributed by atoms with Crippen LogP contribution < -0.4 is 0 Å². The summed E-state index contributed by atoms with van der Waals surface area (Å²) in [6.07, 6.45) is 3.90. The van der Waals surface area contributed by atoms with Crippen molar-refractivity contribution >= 4 is 11.9 Å². The number of amides is 1. The lowest BCUT2D eigenvalue weighted by atomic mass is 10.2. The molecule has 2 aromatic rings. The van der Waals surface area contributed by atoms with E-state index in [1.807, 2.05) is 6.20 Å². The van der Waals surface area contributed by atoms with Crippen molar-refractivity contribution in [2.75, 3.05) is 13.6 Å². The standard InChI is InChI=1S/C14H17N3O4/c1-3-11-10(14(19)20)9-12(21-11)13(18)16(2)7-8-17-6-4-5-15-17/h4-6,9H,3,7-8H2,1-2H3,(H,19,20). The van der Waals surface area contributed by atoms with Crippen LogP contribution in [0, 0.1) is 0 Å². The van der Waals surface area contributed by atoms with E-state index in [-0.39, 0.29) is 17.2 Å². The molecule has 0 aliphatic rings. The molecule has 112 valence electrons. The second-order valence-electron chi connectivity index (χ2n) is 4.60. The summed E-state index contributed by atoms with van der Waals surface area (Å²) in [4.78, 5) is 24.8. The molecule has 7 nitrogen and oxygen atoms in total. The van der Waals surface area contributed by atoms with Crippen LogP contribution in [0.5, 0.6) is 0 Å². The highest BCUT2D eigenvalue weighted by Gasteiger charge is 2.22. The Morgan fingerprint density at radius 3 is 2.76 bits per heavy atom. The minimum absolute atomic E-state index is 0.0429. The first-order chi connectivity index (χ1) is 10.0. The van der Waals surface area contributed by atoms with E-state index in [1.54, 1.807) is 30.9 Å². The second kappa shape index (κ2) is 6.25. The van der Waals surface area contributed by atoms with Crippen molar-refractivity contribution in [1.82, 2.24) is 14.7 Å². The Morgan fingerprint density at radius 1 is 1.48 bits per heavy atom. The van der Waals surface area contributed by atoms with E-state index < -0.39 is 5.97 Å². The van der Waals surface area contributed by atoms with Crippen molar-refractivity contribution in [3.8, 4) is 0 Å². The SMILES string of the molecule is CCc1oc(C(=O)N(C)CCn2cccn2)cc1C(=O)O. The fourth-order valence-electron chi connectivity index (χ4n) is 1.95.